The van der Waals surface area contributed by atoms with Crippen molar-refractivity contribution in [3.63, 3.8) is 0 Å². The first-order valence-electron chi connectivity index (χ1n) is 12.7. The number of amides is 1. The minimum atomic E-state index is -0.999. The van der Waals surface area contributed by atoms with Gasteiger partial charge in [0.25, 0.3) is 0 Å². The van der Waals surface area contributed by atoms with Crippen LogP contribution in [0.4, 0.5) is 4.79 Å². The Bertz CT molecular complexity index is 915. The van der Waals surface area contributed by atoms with Gasteiger partial charge in [-0.15, -0.1) is 0 Å². The highest BCUT2D eigenvalue weighted by atomic mass is 16.6. The van der Waals surface area contributed by atoms with Crippen LogP contribution in [0.3, 0.4) is 0 Å². The van der Waals surface area contributed by atoms with Crippen LogP contribution in [0.2, 0.25) is 0 Å². The smallest absolute Gasteiger partial charge is 0.407 e. The van der Waals surface area contributed by atoms with Crippen molar-refractivity contribution in [3.8, 4) is 0 Å². The summed E-state index contributed by atoms with van der Waals surface area (Å²) in [5, 5.41) is 11.2. The molecular weight excluding hydrogens is 482 g/mol. The lowest BCUT2D eigenvalue weighted by atomic mass is 9.91. The zero-order valence-corrected chi connectivity index (χ0v) is 21.2. The molecule has 0 saturated heterocycles. The predicted octanol–water partition coefficient (Wildman–Crippen LogP) is 2.78. The molecule has 10 nitrogen and oxygen atoms in total. The first-order chi connectivity index (χ1) is 18.2. The first-order valence-corrected chi connectivity index (χ1v) is 12.7. The summed E-state index contributed by atoms with van der Waals surface area (Å²) in [5.74, 6) is -0.877. The molecule has 1 atom stereocenters. The summed E-state index contributed by atoms with van der Waals surface area (Å²) < 4.78 is 31.9. The number of carbonyl (C=O) groups is 2. The molecule has 204 valence electrons. The zero-order chi connectivity index (χ0) is 26.1. The van der Waals surface area contributed by atoms with Gasteiger partial charge < -0.3 is 38.8 Å². The third-order valence-corrected chi connectivity index (χ3v) is 5.87. The summed E-state index contributed by atoms with van der Waals surface area (Å²) in [6.45, 7) is 3.84. The van der Waals surface area contributed by atoms with E-state index in [1.54, 1.807) is 0 Å². The molecule has 0 aromatic heterocycles. The molecule has 1 amide bonds. The summed E-state index contributed by atoms with van der Waals surface area (Å²) in [6.07, 6.45) is 5.98. The van der Waals surface area contributed by atoms with Crippen molar-refractivity contribution in [2.45, 2.75) is 18.8 Å². The molecule has 37 heavy (non-hydrogen) atoms. The number of ether oxygens (including phenoxy) is 6. The molecule has 1 aromatic rings. The second-order valence-corrected chi connectivity index (χ2v) is 8.44. The number of hydrogen-bond donors (Lipinski definition) is 2. The normalized spacial score (nSPS) is 15.9. The van der Waals surface area contributed by atoms with Crippen molar-refractivity contribution in [1.82, 2.24) is 5.32 Å². The van der Waals surface area contributed by atoms with E-state index < -0.39 is 12.1 Å². The van der Waals surface area contributed by atoms with E-state index >= 15 is 0 Å². The van der Waals surface area contributed by atoms with Crippen LogP contribution in [0.15, 0.2) is 42.0 Å². The lowest BCUT2D eigenvalue weighted by Gasteiger charge is -2.18. The van der Waals surface area contributed by atoms with E-state index in [-0.39, 0.29) is 19.1 Å². The summed E-state index contributed by atoms with van der Waals surface area (Å²) in [5.41, 5.74) is 5.12. The Balaban J connectivity index is 1.12. The van der Waals surface area contributed by atoms with Crippen molar-refractivity contribution in [2.24, 2.45) is 0 Å². The number of carboxylic acids is 1. The van der Waals surface area contributed by atoms with Crippen LogP contribution in [0.1, 0.15) is 29.9 Å². The molecule has 3 rings (SSSR count). The lowest BCUT2D eigenvalue weighted by Crippen LogP contribution is -2.29. The Kier molecular flexibility index (Phi) is 13.1. The second kappa shape index (κ2) is 16.9. The lowest BCUT2D eigenvalue weighted by molar-refractivity contribution is -0.142. The topological polar surface area (TPSA) is 122 Å². The number of rotatable bonds is 19. The van der Waals surface area contributed by atoms with Crippen molar-refractivity contribution >= 4 is 17.6 Å². The summed E-state index contributed by atoms with van der Waals surface area (Å²) in [4.78, 5) is 22.4. The fraction of sp³-hybridized carbons (Fsp3) is 0.556. The van der Waals surface area contributed by atoms with Gasteiger partial charge in [-0.25, -0.2) is 9.59 Å². The maximum Gasteiger partial charge on any atom is 0.407 e. The summed E-state index contributed by atoms with van der Waals surface area (Å²) in [7, 11) is 0. The minimum Gasteiger partial charge on any atom is -0.480 e. The predicted molar refractivity (Wildman–Crippen MR) is 136 cm³/mol. The number of fused-ring (bicyclic) bond motifs is 2. The van der Waals surface area contributed by atoms with E-state index in [9.17, 15) is 9.59 Å². The fourth-order valence-corrected chi connectivity index (χ4v) is 4.21. The van der Waals surface area contributed by atoms with Crippen LogP contribution in [-0.4, -0.2) is 96.4 Å². The van der Waals surface area contributed by atoms with Crippen LogP contribution < -0.4 is 5.32 Å². The first kappa shape index (κ1) is 28.8. The molecule has 0 aliphatic heterocycles. The largest absolute Gasteiger partial charge is 0.480 e. The molecule has 0 saturated carbocycles. The molecule has 0 spiro atoms. The van der Waals surface area contributed by atoms with Crippen molar-refractivity contribution in [2.75, 3.05) is 79.2 Å². The van der Waals surface area contributed by atoms with Gasteiger partial charge in [0, 0.05) is 12.5 Å². The number of alkyl carbamates (subject to hydrolysis) is 1. The number of aliphatic carboxylic acids is 1. The van der Waals surface area contributed by atoms with Crippen molar-refractivity contribution in [1.29, 1.82) is 0 Å². The van der Waals surface area contributed by atoms with Gasteiger partial charge in [0.05, 0.1) is 59.5 Å². The number of benzene rings is 1. The third kappa shape index (κ3) is 10.3. The molecule has 0 bridgehead atoms. The molecule has 2 aliphatic rings. The minimum absolute atomic E-state index is 0.122. The number of hydrogen-bond acceptors (Lipinski definition) is 8. The van der Waals surface area contributed by atoms with Gasteiger partial charge in [-0.05, 0) is 29.5 Å². The molecule has 0 heterocycles. The number of carboxylic acid groups (broad SMARTS) is 1. The number of allylic oxidation sites excluding steroid dienone is 3. The van der Waals surface area contributed by atoms with E-state index in [0.29, 0.717) is 66.0 Å². The van der Waals surface area contributed by atoms with Crippen LogP contribution in [0.5, 0.6) is 0 Å². The third-order valence-electron chi connectivity index (χ3n) is 5.87. The van der Waals surface area contributed by atoms with E-state index in [1.807, 2.05) is 12.1 Å². The second-order valence-electron chi connectivity index (χ2n) is 8.44. The summed E-state index contributed by atoms with van der Waals surface area (Å²) in [6, 6.07) is 8.34. The fourth-order valence-electron chi connectivity index (χ4n) is 4.21. The molecule has 0 radical (unpaired) electrons. The quantitative estimate of drug-likeness (QED) is 0.266. The van der Waals surface area contributed by atoms with Crippen LogP contribution in [-0.2, 0) is 33.2 Å². The van der Waals surface area contributed by atoms with Crippen LogP contribution in [0.25, 0.3) is 5.57 Å². The number of carbonyl (C=O) groups excluding carboxylic acids is 1. The molecule has 1 unspecified atom stereocenters. The highest BCUT2D eigenvalue weighted by molar-refractivity contribution is 5.85. The Morgan fingerprint density at radius 2 is 1.49 bits per heavy atom. The van der Waals surface area contributed by atoms with Gasteiger partial charge >= 0.3 is 12.1 Å². The van der Waals surface area contributed by atoms with Crippen molar-refractivity contribution in [3.05, 3.63) is 53.1 Å². The van der Waals surface area contributed by atoms with Crippen molar-refractivity contribution < 1.29 is 43.1 Å². The van der Waals surface area contributed by atoms with E-state index in [4.69, 9.17) is 33.5 Å². The average Bonchev–Trinajstić information content (AvgIpc) is 3.22. The Morgan fingerprint density at radius 3 is 2.16 bits per heavy atom. The van der Waals surface area contributed by atoms with Crippen LogP contribution in [0, 0.1) is 0 Å². The molecule has 0 fully saturated rings. The highest BCUT2D eigenvalue weighted by Gasteiger charge is 2.31. The van der Waals surface area contributed by atoms with Gasteiger partial charge in [-0.3, -0.25) is 0 Å². The monoisotopic (exact) mass is 519 g/mol. The van der Waals surface area contributed by atoms with Crippen LogP contribution >= 0.6 is 0 Å². The average molecular weight is 520 g/mol. The van der Waals surface area contributed by atoms with E-state index in [2.05, 4.69) is 29.6 Å². The molecule has 1 aromatic carbocycles. The SMILES string of the molecule is O=C(O)COCCOCCOCCOCCOCCNC(=O)OCC1C2=C(C=CCC2)c2ccccc21. The summed E-state index contributed by atoms with van der Waals surface area (Å²) >= 11 is 0. The highest BCUT2D eigenvalue weighted by Crippen LogP contribution is 2.46. The zero-order valence-electron chi connectivity index (χ0n) is 21.2. The number of nitrogens with one attached hydrogen (secondary N) is 1. The molecule has 2 aliphatic carbocycles. The van der Waals surface area contributed by atoms with Gasteiger partial charge in [0.15, 0.2) is 0 Å². The maximum atomic E-state index is 12.2. The Hall–Kier alpha value is -2.76. The van der Waals surface area contributed by atoms with E-state index in [1.165, 1.54) is 22.3 Å². The maximum absolute atomic E-state index is 12.2. The Morgan fingerprint density at radius 1 is 0.865 bits per heavy atom. The molecule has 10 heteroatoms. The molecule has 2 N–H and O–H groups in total. The van der Waals surface area contributed by atoms with E-state index in [0.717, 1.165) is 12.8 Å². The molecular formula is C27H37NO9. The standard InChI is InChI=1S/C27H37NO9/c29-26(30)20-36-18-17-35-16-15-34-14-13-33-12-11-32-10-9-28-27(31)37-19-25-23-7-3-1-5-21(23)22-6-2-4-8-24(22)25/h1-3,5-7,25H,4,8-20H2,(H,28,31)(H,29,30). The van der Waals surface area contributed by atoms with Gasteiger partial charge in [0.1, 0.15) is 13.2 Å². The van der Waals surface area contributed by atoms with Gasteiger partial charge in [-0.2, -0.15) is 0 Å². The van der Waals surface area contributed by atoms with Gasteiger partial charge in [0.2, 0.25) is 0 Å². The van der Waals surface area contributed by atoms with Gasteiger partial charge in [-0.1, -0.05) is 42.0 Å². The Labute approximate surface area is 217 Å².